The zero-order valence-electron chi connectivity index (χ0n) is 11.7. The van der Waals surface area contributed by atoms with Crippen molar-refractivity contribution in [3.63, 3.8) is 0 Å². The topological polar surface area (TPSA) is 90.4 Å². The highest BCUT2D eigenvalue weighted by Gasteiger charge is 2.05. The van der Waals surface area contributed by atoms with Crippen LogP contribution in [0, 0.1) is 6.92 Å². The van der Waals surface area contributed by atoms with E-state index >= 15 is 0 Å². The van der Waals surface area contributed by atoms with Crippen molar-refractivity contribution in [3.8, 4) is 5.75 Å². The van der Waals surface area contributed by atoms with Gasteiger partial charge in [-0.3, -0.25) is 0 Å². The Labute approximate surface area is 121 Å². The molecule has 7 heteroatoms. The average Bonchev–Trinajstić information content (AvgIpc) is 2.95. The van der Waals surface area contributed by atoms with Crippen LogP contribution < -0.4 is 15.8 Å². The highest BCUT2D eigenvalue weighted by Crippen LogP contribution is 2.20. The summed E-state index contributed by atoms with van der Waals surface area (Å²) >= 11 is 0. The van der Waals surface area contributed by atoms with Gasteiger partial charge in [0.15, 0.2) is 0 Å². The second-order valence-electron chi connectivity index (χ2n) is 4.54. The summed E-state index contributed by atoms with van der Waals surface area (Å²) < 4.78 is 7.11. The van der Waals surface area contributed by atoms with Crippen molar-refractivity contribution in [2.45, 2.75) is 6.92 Å². The number of aromatic nitrogens is 4. The lowest BCUT2D eigenvalue weighted by Crippen LogP contribution is -2.10. The van der Waals surface area contributed by atoms with E-state index in [-0.39, 0.29) is 0 Å². The SMILES string of the molecule is Cc1cc(Nc2ccc(OCCN)cc2)n2ncnc2n1. The Morgan fingerprint density at radius 3 is 2.86 bits per heavy atom. The molecule has 0 spiro atoms. The van der Waals surface area contributed by atoms with Crippen molar-refractivity contribution in [2.24, 2.45) is 5.73 Å². The van der Waals surface area contributed by atoms with Crippen LogP contribution in [0.2, 0.25) is 0 Å². The molecule has 2 aromatic heterocycles. The fourth-order valence-electron chi connectivity index (χ4n) is 1.98. The fourth-order valence-corrected chi connectivity index (χ4v) is 1.98. The number of ether oxygens (including phenoxy) is 1. The van der Waals surface area contributed by atoms with Crippen molar-refractivity contribution in [2.75, 3.05) is 18.5 Å². The van der Waals surface area contributed by atoms with Gasteiger partial charge in [-0.05, 0) is 31.2 Å². The number of hydrogen-bond donors (Lipinski definition) is 2. The number of fused-ring (bicyclic) bond motifs is 1. The van der Waals surface area contributed by atoms with Crippen LogP contribution in [0.15, 0.2) is 36.7 Å². The first kappa shape index (κ1) is 13.3. The number of aryl methyl sites for hydroxylation is 1. The predicted octanol–water partition coefficient (Wildman–Crippen LogP) is 1.51. The van der Waals surface area contributed by atoms with Gasteiger partial charge in [0.1, 0.15) is 24.5 Å². The van der Waals surface area contributed by atoms with E-state index in [1.54, 1.807) is 4.52 Å². The Balaban J connectivity index is 1.83. The second-order valence-corrected chi connectivity index (χ2v) is 4.54. The number of hydrogen-bond acceptors (Lipinski definition) is 6. The number of nitrogens with one attached hydrogen (secondary N) is 1. The summed E-state index contributed by atoms with van der Waals surface area (Å²) in [6.07, 6.45) is 1.48. The Kier molecular flexibility index (Phi) is 3.65. The number of anilines is 2. The molecule has 0 radical (unpaired) electrons. The third-order valence-corrected chi connectivity index (χ3v) is 2.89. The summed E-state index contributed by atoms with van der Waals surface area (Å²) in [6, 6.07) is 9.57. The van der Waals surface area contributed by atoms with Gasteiger partial charge in [-0.1, -0.05) is 0 Å². The van der Waals surface area contributed by atoms with Gasteiger partial charge in [0, 0.05) is 24.0 Å². The number of benzene rings is 1. The molecule has 0 unspecified atom stereocenters. The lowest BCUT2D eigenvalue weighted by molar-refractivity contribution is 0.328. The van der Waals surface area contributed by atoms with Gasteiger partial charge < -0.3 is 15.8 Å². The van der Waals surface area contributed by atoms with Crippen LogP contribution in [0.5, 0.6) is 5.75 Å². The van der Waals surface area contributed by atoms with Crippen LogP contribution in [0.3, 0.4) is 0 Å². The van der Waals surface area contributed by atoms with Crippen molar-refractivity contribution in [3.05, 3.63) is 42.4 Å². The van der Waals surface area contributed by atoms with E-state index in [1.165, 1.54) is 6.33 Å². The zero-order chi connectivity index (χ0) is 14.7. The maximum absolute atomic E-state index is 5.45. The van der Waals surface area contributed by atoms with Crippen LogP contribution in [0.25, 0.3) is 5.78 Å². The molecule has 3 N–H and O–H groups in total. The molecular formula is C14H16N6O. The van der Waals surface area contributed by atoms with Gasteiger partial charge in [0.25, 0.3) is 5.78 Å². The molecule has 7 nitrogen and oxygen atoms in total. The fraction of sp³-hybridized carbons (Fsp3) is 0.214. The molecule has 0 aliphatic heterocycles. The molecule has 0 saturated carbocycles. The normalized spacial score (nSPS) is 10.8. The molecule has 1 aromatic carbocycles. The standard InChI is InChI=1S/C14H16N6O/c1-10-8-13(20-14(18-10)16-9-17-20)19-11-2-4-12(5-3-11)21-7-6-15/h2-5,8-9,19H,6-7,15H2,1H3. The van der Waals surface area contributed by atoms with E-state index in [2.05, 4.69) is 20.4 Å². The molecule has 3 rings (SSSR count). The van der Waals surface area contributed by atoms with Crippen LogP contribution in [-0.4, -0.2) is 32.7 Å². The third-order valence-electron chi connectivity index (χ3n) is 2.89. The highest BCUT2D eigenvalue weighted by molar-refractivity contribution is 5.59. The summed E-state index contributed by atoms with van der Waals surface area (Å²) in [6.45, 7) is 2.93. The van der Waals surface area contributed by atoms with E-state index in [9.17, 15) is 0 Å². The molecule has 2 heterocycles. The second kappa shape index (κ2) is 5.76. The van der Waals surface area contributed by atoms with E-state index < -0.39 is 0 Å². The molecule has 0 aliphatic rings. The minimum atomic E-state index is 0.501. The van der Waals surface area contributed by atoms with Crippen LogP contribution in [0.4, 0.5) is 11.5 Å². The van der Waals surface area contributed by atoms with E-state index in [0.29, 0.717) is 18.9 Å². The number of rotatable bonds is 5. The van der Waals surface area contributed by atoms with Crippen LogP contribution >= 0.6 is 0 Å². The summed E-state index contributed by atoms with van der Waals surface area (Å²) in [5.41, 5.74) is 7.21. The zero-order valence-corrected chi connectivity index (χ0v) is 11.7. The first-order valence-corrected chi connectivity index (χ1v) is 6.63. The molecule has 0 atom stereocenters. The molecule has 0 amide bonds. The van der Waals surface area contributed by atoms with Crippen LogP contribution in [-0.2, 0) is 0 Å². The van der Waals surface area contributed by atoms with Crippen molar-refractivity contribution in [1.82, 2.24) is 19.6 Å². The first-order valence-electron chi connectivity index (χ1n) is 6.63. The minimum Gasteiger partial charge on any atom is -0.492 e. The molecule has 3 aromatic rings. The maximum Gasteiger partial charge on any atom is 0.254 e. The molecule has 0 saturated heterocycles. The highest BCUT2D eigenvalue weighted by atomic mass is 16.5. The van der Waals surface area contributed by atoms with Gasteiger partial charge in [0.2, 0.25) is 0 Å². The Hall–Kier alpha value is -2.67. The van der Waals surface area contributed by atoms with Crippen molar-refractivity contribution >= 4 is 17.3 Å². The molecule has 21 heavy (non-hydrogen) atoms. The predicted molar refractivity (Wildman–Crippen MR) is 79.8 cm³/mol. The quantitative estimate of drug-likeness (QED) is 0.738. The Bertz CT molecular complexity index is 737. The molecule has 108 valence electrons. The van der Waals surface area contributed by atoms with Gasteiger partial charge in [-0.25, -0.2) is 4.98 Å². The van der Waals surface area contributed by atoms with Crippen LogP contribution in [0.1, 0.15) is 5.69 Å². The summed E-state index contributed by atoms with van der Waals surface area (Å²) in [5.74, 6) is 2.17. The molecular weight excluding hydrogens is 268 g/mol. The van der Waals surface area contributed by atoms with Gasteiger partial charge in [-0.2, -0.15) is 14.6 Å². The van der Waals surface area contributed by atoms with Gasteiger partial charge in [-0.15, -0.1) is 0 Å². The smallest absolute Gasteiger partial charge is 0.254 e. The lowest BCUT2D eigenvalue weighted by atomic mass is 10.3. The summed E-state index contributed by atoms with van der Waals surface area (Å²) in [4.78, 5) is 8.40. The van der Waals surface area contributed by atoms with Gasteiger partial charge in [0.05, 0.1) is 0 Å². The molecule has 0 fully saturated rings. The van der Waals surface area contributed by atoms with E-state index in [4.69, 9.17) is 10.5 Å². The third kappa shape index (κ3) is 2.92. The summed E-state index contributed by atoms with van der Waals surface area (Å²) in [7, 11) is 0. The largest absolute Gasteiger partial charge is 0.492 e. The molecule has 0 bridgehead atoms. The number of nitrogens with two attached hydrogens (primary N) is 1. The first-order chi connectivity index (χ1) is 10.3. The van der Waals surface area contributed by atoms with Crippen molar-refractivity contribution < 1.29 is 4.74 Å². The Morgan fingerprint density at radius 1 is 1.29 bits per heavy atom. The summed E-state index contributed by atoms with van der Waals surface area (Å²) in [5, 5.41) is 7.45. The number of nitrogens with zero attached hydrogens (tertiary/aromatic N) is 4. The van der Waals surface area contributed by atoms with Crippen molar-refractivity contribution in [1.29, 1.82) is 0 Å². The molecule has 0 aliphatic carbocycles. The van der Waals surface area contributed by atoms with E-state index in [0.717, 1.165) is 22.9 Å². The Morgan fingerprint density at radius 2 is 2.10 bits per heavy atom. The minimum absolute atomic E-state index is 0.501. The maximum atomic E-state index is 5.45. The van der Waals surface area contributed by atoms with E-state index in [1.807, 2.05) is 37.3 Å². The average molecular weight is 284 g/mol. The monoisotopic (exact) mass is 284 g/mol. The van der Waals surface area contributed by atoms with Gasteiger partial charge >= 0.3 is 0 Å². The lowest BCUT2D eigenvalue weighted by Gasteiger charge is -2.10.